The van der Waals surface area contributed by atoms with Gasteiger partial charge in [0.2, 0.25) is 10.0 Å². The molecule has 1 aromatic carbocycles. The lowest BCUT2D eigenvalue weighted by Crippen LogP contribution is -2.47. The molecule has 0 radical (unpaired) electrons. The number of hydrogen-bond acceptors (Lipinski definition) is 5. The Kier molecular flexibility index (Phi) is 4.05. The molecule has 0 spiro atoms. The molecule has 1 aromatic rings. The van der Waals surface area contributed by atoms with Crippen LogP contribution in [0.15, 0.2) is 34.1 Å². The molecule has 0 aliphatic carbocycles. The Labute approximate surface area is 131 Å². The number of fused-ring (bicyclic) bond motifs is 2. The molecule has 2 aliphatic heterocycles. The van der Waals surface area contributed by atoms with Crippen LogP contribution in [0.3, 0.4) is 0 Å². The van der Waals surface area contributed by atoms with Gasteiger partial charge in [-0.15, -0.1) is 0 Å². The van der Waals surface area contributed by atoms with Gasteiger partial charge < -0.3 is 5.32 Å². The minimum absolute atomic E-state index is 0.0571. The van der Waals surface area contributed by atoms with Crippen LogP contribution < -0.4 is 10.0 Å². The van der Waals surface area contributed by atoms with Crippen LogP contribution in [0.4, 0.5) is 0 Å². The fraction of sp³-hybridized carbons (Fsp3) is 0.571. The summed E-state index contributed by atoms with van der Waals surface area (Å²) < 4.78 is 50.4. The first-order valence-corrected chi connectivity index (χ1v) is 10.7. The van der Waals surface area contributed by atoms with Crippen LogP contribution in [-0.2, 0) is 19.9 Å². The van der Waals surface area contributed by atoms with E-state index in [2.05, 4.69) is 10.0 Å². The fourth-order valence-electron chi connectivity index (χ4n) is 3.31. The van der Waals surface area contributed by atoms with Crippen molar-refractivity contribution in [3.63, 3.8) is 0 Å². The van der Waals surface area contributed by atoms with E-state index in [0.29, 0.717) is 12.1 Å². The molecule has 3 rings (SSSR count). The van der Waals surface area contributed by atoms with Crippen molar-refractivity contribution in [2.45, 2.75) is 53.6 Å². The van der Waals surface area contributed by atoms with E-state index in [9.17, 15) is 16.8 Å². The number of benzene rings is 1. The Morgan fingerprint density at radius 1 is 0.955 bits per heavy atom. The normalized spacial score (nSPS) is 28.7. The largest absolute Gasteiger partial charge is 0.311 e. The van der Waals surface area contributed by atoms with Crippen LogP contribution in [0.2, 0.25) is 0 Å². The second-order valence-corrected chi connectivity index (χ2v) is 9.90. The summed E-state index contributed by atoms with van der Waals surface area (Å²) >= 11 is 0. The van der Waals surface area contributed by atoms with Crippen LogP contribution in [0, 0.1) is 0 Å². The molecular weight excluding hydrogens is 324 g/mol. The van der Waals surface area contributed by atoms with E-state index in [0.717, 1.165) is 31.9 Å². The van der Waals surface area contributed by atoms with Gasteiger partial charge in [-0.25, -0.2) is 21.6 Å². The van der Waals surface area contributed by atoms with Crippen LogP contribution in [0.1, 0.15) is 25.7 Å². The van der Waals surface area contributed by atoms with Crippen molar-refractivity contribution in [1.82, 2.24) is 10.0 Å². The van der Waals surface area contributed by atoms with Crippen LogP contribution in [0.25, 0.3) is 0 Å². The highest BCUT2D eigenvalue weighted by Crippen LogP contribution is 2.27. The first kappa shape index (κ1) is 15.9. The van der Waals surface area contributed by atoms with E-state index >= 15 is 0 Å². The molecule has 2 unspecified atom stereocenters. The molecule has 6 nitrogen and oxygen atoms in total. The van der Waals surface area contributed by atoms with Gasteiger partial charge in [0.1, 0.15) is 0 Å². The minimum atomic E-state index is -3.61. The highest BCUT2D eigenvalue weighted by Gasteiger charge is 2.35. The number of piperidine rings is 1. The average molecular weight is 344 g/mol. The Bertz CT molecular complexity index is 745. The Hall–Kier alpha value is -0.960. The molecule has 8 heteroatoms. The van der Waals surface area contributed by atoms with Gasteiger partial charge >= 0.3 is 0 Å². The highest BCUT2D eigenvalue weighted by molar-refractivity contribution is 7.90. The van der Waals surface area contributed by atoms with Crippen molar-refractivity contribution in [3.8, 4) is 0 Å². The zero-order valence-corrected chi connectivity index (χ0v) is 14.0. The third kappa shape index (κ3) is 3.34. The number of sulfonamides is 1. The molecule has 2 saturated heterocycles. The van der Waals surface area contributed by atoms with E-state index in [1.54, 1.807) is 0 Å². The summed E-state index contributed by atoms with van der Waals surface area (Å²) in [6.07, 6.45) is 4.91. The Morgan fingerprint density at radius 2 is 1.45 bits per heavy atom. The summed E-state index contributed by atoms with van der Waals surface area (Å²) in [6, 6.07) is 6.09. The van der Waals surface area contributed by atoms with Crippen molar-refractivity contribution >= 4 is 19.9 Å². The lowest BCUT2D eigenvalue weighted by molar-refractivity contribution is 0.345. The maximum Gasteiger partial charge on any atom is 0.240 e. The molecule has 0 aromatic heterocycles. The summed E-state index contributed by atoms with van der Waals surface area (Å²) in [4.78, 5) is 0.220. The summed E-state index contributed by atoms with van der Waals surface area (Å²) in [5.41, 5.74) is 0. The number of nitrogens with one attached hydrogen (secondary N) is 2. The molecule has 2 aliphatic rings. The maximum atomic E-state index is 12.4. The number of rotatable bonds is 4. The van der Waals surface area contributed by atoms with Crippen LogP contribution >= 0.6 is 0 Å². The van der Waals surface area contributed by atoms with Crippen molar-refractivity contribution in [3.05, 3.63) is 24.3 Å². The quantitative estimate of drug-likeness (QED) is 0.837. The van der Waals surface area contributed by atoms with Crippen molar-refractivity contribution in [1.29, 1.82) is 0 Å². The Balaban J connectivity index is 1.75. The van der Waals surface area contributed by atoms with Crippen molar-refractivity contribution < 1.29 is 16.8 Å². The molecule has 122 valence electrons. The molecule has 2 N–H and O–H groups in total. The summed E-state index contributed by atoms with van der Waals surface area (Å²) in [7, 11) is -6.94. The lowest BCUT2D eigenvalue weighted by atomic mass is 10.0. The molecule has 2 atom stereocenters. The standard InChI is InChI=1S/C14H20N2O4S2/c1-21(17,18)13-4-6-14(7-5-13)22(19,20)16-12-8-10-2-3-11(9-12)15-10/h4-7,10-12,15-16H,2-3,8-9H2,1H3. The zero-order valence-electron chi connectivity index (χ0n) is 12.3. The average Bonchev–Trinajstić information content (AvgIpc) is 2.77. The third-order valence-corrected chi connectivity index (χ3v) is 7.02. The van der Waals surface area contributed by atoms with Gasteiger partial charge in [-0.3, -0.25) is 0 Å². The van der Waals surface area contributed by atoms with E-state index in [1.165, 1.54) is 24.3 Å². The summed E-state index contributed by atoms with van der Waals surface area (Å²) in [5, 5.41) is 3.47. The molecule has 2 fully saturated rings. The fourth-order valence-corrected chi connectivity index (χ4v) is 5.20. The van der Waals surface area contributed by atoms with E-state index in [1.807, 2.05) is 0 Å². The molecule has 2 bridgehead atoms. The Morgan fingerprint density at radius 3 is 1.95 bits per heavy atom. The molecule has 0 amide bonds. The monoisotopic (exact) mass is 344 g/mol. The maximum absolute atomic E-state index is 12.4. The number of hydrogen-bond donors (Lipinski definition) is 2. The van der Waals surface area contributed by atoms with Gasteiger partial charge in [-0.05, 0) is 49.9 Å². The minimum Gasteiger partial charge on any atom is -0.311 e. The van der Waals surface area contributed by atoms with E-state index in [4.69, 9.17) is 0 Å². The smallest absolute Gasteiger partial charge is 0.240 e. The molecule has 0 saturated carbocycles. The molecule has 22 heavy (non-hydrogen) atoms. The van der Waals surface area contributed by atoms with Gasteiger partial charge in [0.15, 0.2) is 9.84 Å². The first-order chi connectivity index (χ1) is 10.2. The first-order valence-electron chi connectivity index (χ1n) is 7.32. The predicted molar refractivity (Wildman–Crippen MR) is 82.8 cm³/mol. The molecular formula is C14H20N2O4S2. The van der Waals surface area contributed by atoms with Crippen molar-refractivity contribution in [2.75, 3.05) is 6.26 Å². The molecule has 2 heterocycles. The zero-order chi connectivity index (χ0) is 16.0. The topological polar surface area (TPSA) is 92.3 Å². The van der Waals surface area contributed by atoms with Gasteiger partial charge in [0.25, 0.3) is 0 Å². The summed E-state index contributed by atoms with van der Waals surface area (Å²) in [5.74, 6) is 0. The van der Waals surface area contributed by atoms with E-state index in [-0.39, 0.29) is 15.8 Å². The van der Waals surface area contributed by atoms with Crippen LogP contribution in [0.5, 0.6) is 0 Å². The van der Waals surface area contributed by atoms with Gasteiger partial charge in [0, 0.05) is 24.4 Å². The lowest BCUT2D eigenvalue weighted by Gasteiger charge is -2.29. The van der Waals surface area contributed by atoms with Gasteiger partial charge in [-0.1, -0.05) is 0 Å². The second-order valence-electron chi connectivity index (χ2n) is 6.17. The predicted octanol–water partition coefficient (Wildman–Crippen LogP) is 0.651. The van der Waals surface area contributed by atoms with Gasteiger partial charge in [-0.2, -0.15) is 0 Å². The van der Waals surface area contributed by atoms with Crippen molar-refractivity contribution in [2.24, 2.45) is 0 Å². The van der Waals surface area contributed by atoms with Gasteiger partial charge in [0.05, 0.1) is 9.79 Å². The van der Waals surface area contributed by atoms with Crippen LogP contribution in [-0.4, -0.2) is 41.2 Å². The highest BCUT2D eigenvalue weighted by atomic mass is 32.2. The summed E-state index contributed by atoms with van der Waals surface area (Å²) in [6.45, 7) is 0. The third-order valence-electron chi connectivity index (χ3n) is 4.36. The van der Waals surface area contributed by atoms with E-state index < -0.39 is 19.9 Å². The second kappa shape index (κ2) is 5.59. The SMILES string of the molecule is CS(=O)(=O)c1ccc(S(=O)(=O)NC2CC3CCC(C2)N3)cc1. The number of sulfone groups is 1.